The third-order valence-corrected chi connectivity index (χ3v) is 6.76. The molecule has 5 heteroatoms. The average Bonchev–Trinajstić information content (AvgIpc) is 3.05. The van der Waals surface area contributed by atoms with Gasteiger partial charge in [0.05, 0.1) is 6.42 Å². The SMILES string of the molecule is O=C(O)CC(NC(=O)OCC1c2ccccc2-c2ccccc21)C1CCCCCCC1. The number of nitrogens with one attached hydrogen (secondary N) is 1. The molecule has 2 N–H and O–H groups in total. The Morgan fingerprint density at radius 2 is 1.45 bits per heavy atom. The minimum Gasteiger partial charge on any atom is -0.481 e. The number of benzene rings is 2. The lowest BCUT2D eigenvalue weighted by atomic mass is 9.84. The van der Waals surface area contributed by atoms with Crippen LogP contribution in [0.4, 0.5) is 4.79 Å². The summed E-state index contributed by atoms with van der Waals surface area (Å²) < 4.78 is 5.66. The molecule has 31 heavy (non-hydrogen) atoms. The van der Waals surface area contributed by atoms with Crippen molar-refractivity contribution in [2.75, 3.05) is 6.61 Å². The maximum atomic E-state index is 12.7. The van der Waals surface area contributed by atoms with Crippen LogP contribution < -0.4 is 5.32 Å². The van der Waals surface area contributed by atoms with E-state index in [1.807, 2.05) is 24.3 Å². The van der Waals surface area contributed by atoms with Crippen molar-refractivity contribution in [2.24, 2.45) is 5.92 Å². The zero-order valence-electron chi connectivity index (χ0n) is 17.9. The Morgan fingerprint density at radius 3 is 2.03 bits per heavy atom. The lowest BCUT2D eigenvalue weighted by Crippen LogP contribution is -2.42. The van der Waals surface area contributed by atoms with Crippen LogP contribution in [0.2, 0.25) is 0 Å². The molecule has 164 valence electrons. The molecule has 5 nitrogen and oxygen atoms in total. The molecule has 0 radical (unpaired) electrons. The summed E-state index contributed by atoms with van der Waals surface area (Å²) in [5.74, 6) is -0.694. The lowest BCUT2D eigenvalue weighted by molar-refractivity contribution is -0.137. The van der Waals surface area contributed by atoms with E-state index in [1.165, 1.54) is 41.5 Å². The van der Waals surface area contributed by atoms with Crippen molar-refractivity contribution >= 4 is 12.1 Å². The molecule has 0 aromatic heterocycles. The van der Waals surface area contributed by atoms with Crippen molar-refractivity contribution < 1.29 is 19.4 Å². The van der Waals surface area contributed by atoms with E-state index in [-0.39, 0.29) is 30.9 Å². The van der Waals surface area contributed by atoms with Gasteiger partial charge in [0.1, 0.15) is 6.61 Å². The normalized spacial score (nSPS) is 17.7. The van der Waals surface area contributed by atoms with Crippen LogP contribution in [0.1, 0.15) is 68.4 Å². The predicted molar refractivity (Wildman–Crippen MR) is 120 cm³/mol. The fourth-order valence-corrected chi connectivity index (χ4v) is 5.21. The van der Waals surface area contributed by atoms with E-state index >= 15 is 0 Å². The largest absolute Gasteiger partial charge is 0.481 e. The van der Waals surface area contributed by atoms with Crippen molar-refractivity contribution in [2.45, 2.75) is 63.3 Å². The summed E-state index contributed by atoms with van der Waals surface area (Å²) in [4.78, 5) is 24.1. The maximum Gasteiger partial charge on any atom is 0.407 e. The fourth-order valence-electron chi connectivity index (χ4n) is 5.21. The van der Waals surface area contributed by atoms with Crippen molar-refractivity contribution in [3.8, 4) is 11.1 Å². The van der Waals surface area contributed by atoms with Crippen molar-refractivity contribution in [3.63, 3.8) is 0 Å². The molecule has 4 rings (SSSR count). The Bertz CT molecular complexity index is 872. The van der Waals surface area contributed by atoms with E-state index in [4.69, 9.17) is 4.74 Å². The van der Waals surface area contributed by atoms with Gasteiger partial charge in [-0.05, 0) is 41.0 Å². The predicted octanol–water partition coefficient (Wildman–Crippen LogP) is 5.73. The number of rotatable bonds is 6. The van der Waals surface area contributed by atoms with Gasteiger partial charge in [-0.25, -0.2) is 4.79 Å². The maximum absolute atomic E-state index is 12.7. The number of fused-ring (bicyclic) bond motifs is 3. The summed E-state index contributed by atoms with van der Waals surface area (Å²) in [5.41, 5.74) is 4.70. The number of hydrogen-bond donors (Lipinski definition) is 2. The number of aliphatic carboxylic acids is 1. The number of hydrogen-bond acceptors (Lipinski definition) is 3. The monoisotopic (exact) mass is 421 g/mol. The van der Waals surface area contributed by atoms with E-state index in [0.717, 1.165) is 25.7 Å². The highest BCUT2D eigenvalue weighted by Crippen LogP contribution is 2.44. The summed E-state index contributed by atoms with van der Waals surface area (Å²) in [7, 11) is 0. The van der Waals surface area contributed by atoms with Gasteiger partial charge in [0.15, 0.2) is 0 Å². The molecule has 1 saturated carbocycles. The molecule has 2 aliphatic rings. The topological polar surface area (TPSA) is 75.6 Å². The van der Waals surface area contributed by atoms with Gasteiger partial charge in [0, 0.05) is 12.0 Å². The van der Waals surface area contributed by atoms with Crippen LogP contribution in [0, 0.1) is 5.92 Å². The second-order valence-electron chi connectivity index (χ2n) is 8.78. The van der Waals surface area contributed by atoms with Gasteiger partial charge in [-0.3, -0.25) is 4.79 Å². The number of amides is 1. The molecule has 1 atom stereocenters. The van der Waals surface area contributed by atoms with E-state index in [1.54, 1.807) is 0 Å². The van der Waals surface area contributed by atoms with E-state index in [2.05, 4.69) is 29.6 Å². The summed E-state index contributed by atoms with van der Waals surface area (Å²) in [6.45, 7) is 0.240. The number of carboxylic acid groups (broad SMARTS) is 1. The van der Waals surface area contributed by atoms with Crippen molar-refractivity contribution in [3.05, 3.63) is 59.7 Å². The first kappa shape index (κ1) is 21.4. The second kappa shape index (κ2) is 9.99. The second-order valence-corrected chi connectivity index (χ2v) is 8.78. The first-order chi connectivity index (χ1) is 15.1. The lowest BCUT2D eigenvalue weighted by Gasteiger charge is -2.28. The summed E-state index contributed by atoms with van der Waals surface area (Å²) >= 11 is 0. The highest BCUT2D eigenvalue weighted by molar-refractivity contribution is 5.79. The first-order valence-electron chi connectivity index (χ1n) is 11.5. The van der Waals surface area contributed by atoms with Crippen molar-refractivity contribution in [1.29, 1.82) is 0 Å². The third kappa shape index (κ3) is 5.09. The molecule has 1 unspecified atom stereocenters. The molecule has 1 fully saturated rings. The molecule has 0 aliphatic heterocycles. The fraction of sp³-hybridized carbons (Fsp3) is 0.462. The molecule has 2 aliphatic carbocycles. The van der Waals surface area contributed by atoms with Crippen LogP contribution in [0.3, 0.4) is 0 Å². The molecule has 0 saturated heterocycles. The molecule has 1 amide bonds. The zero-order valence-corrected chi connectivity index (χ0v) is 17.9. The molecular formula is C26H31NO4. The van der Waals surface area contributed by atoms with Gasteiger partial charge in [-0.1, -0.05) is 80.6 Å². The van der Waals surface area contributed by atoms with E-state index < -0.39 is 12.1 Å². The molecule has 0 heterocycles. The number of carboxylic acids is 1. The minimum absolute atomic E-state index is 0.00235. The Morgan fingerprint density at radius 1 is 0.903 bits per heavy atom. The molecule has 2 aromatic rings. The van der Waals surface area contributed by atoms with Crippen LogP contribution in [0.5, 0.6) is 0 Å². The third-order valence-electron chi connectivity index (χ3n) is 6.76. The summed E-state index contributed by atoms with van der Waals surface area (Å²) in [6, 6.07) is 16.1. The number of carbonyl (C=O) groups is 2. The van der Waals surface area contributed by atoms with Gasteiger partial charge >= 0.3 is 12.1 Å². The highest BCUT2D eigenvalue weighted by atomic mass is 16.5. The van der Waals surface area contributed by atoms with Gasteiger partial charge in [-0.15, -0.1) is 0 Å². The van der Waals surface area contributed by atoms with Crippen LogP contribution in [0.25, 0.3) is 11.1 Å². The number of carbonyl (C=O) groups excluding carboxylic acids is 1. The first-order valence-corrected chi connectivity index (χ1v) is 11.5. The average molecular weight is 422 g/mol. The quantitative estimate of drug-likeness (QED) is 0.625. The standard InChI is InChI=1S/C26H31NO4/c28-25(29)16-24(18-10-4-2-1-3-5-11-18)27-26(30)31-17-23-21-14-8-6-12-19(21)20-13-7-9-15-22(20)23/h6-9,12-15,18,23-24H,1-5,10-11,16-17H2,(H,27,30)(H,28,29). The Hall–Kier alpha value is -2.82. The van der Waals surface area contributed by atoms with Crippen LogP contribution >= 0.6 is 0 Å². The highest BCUT2D eigenvalue weighted by Gasteiger charge is 2.30. The smallest absolute Gasteiger partial charge is 0.407 e. The molecular weight excluding hydrogens is 390 g/mol. The van der Waals surface area contributed by atoms with Gasteiger partial charge in [0.25, 0.3) is 0 Å². The van der Waals surface area contributed by atoms with E-state index in [9.17, 15) is 14.7 Å². The molecule has 0 spiro atoms. The van der Waals surface area contributed by atoms with Crippen molar-refractivity contribution in [1.82, 2.24) is 5.32 Å². The molecule has 0 bridgehead atoms. The van der Waals surface area contributed by atoms with Crippen LogP contribution in [-0.2, 0) is 9.53 Å². The zero-order chi connectivity index (χ0) is 21.6. The van der Waals surface area contributed by atoms with E-state index in [0.29, 0.717) is 0 Å². The van der Waals surface area contributed by atoms with Crippen LogP contribution in [0.15, 0.2) is 48.5 Å². The Balaban J connectivity index is 1.42. The Labute approximate surface area is 183 Å². The van der Waals surface area contributed by atoms with Gasteiger partial charge in [0.2, 0.25) is 0 Å². The number of ether oxygens (including phenoxy) is 1. The Kier molecular flexibility index (Phi) is 6.90. The van der Waals surface area contributed by atoms with Crippen LogP contribution in [-0.4, -0.2) is 29.8 Å². The summed E-state index contributed by atoms with van der Waals surface area (Å²) in [5, 5.41) is 12.3. The molecule has 2 aromatic carbocycles. The summed E-state index contributed by atoms with van der Waals surface area (Å²) in [6.07, 6.45) is 7.13. The van der Waals surface area contributed by atoms with Gasteiger partial charge in [-0.2, -0.15) is 0 Å². The number of alkyl carbamates (subject to hydrolysis) is 1. The minimum atomic E-state index is -0.883. The van der Waals surface area contributed by atoms with Gasteiger partial charge < -0.3 is 15.2 Å².